The Hall–Kier alpha value is -6.34. The van der Waals surface area contributed by atoms with Gasteiger partial charge in [-0.05, 0) is 34.2 Å². The van der Waals surface area contributed by atoms with Crippen molar-refractivity contribution in [3.63, 3.8) is 0 Å². The van der Waals surface area contributed by atoms with Crippen molar-refractivity contribution in [3.05, 3.63) is 138 Å². The maximum Gasteiger partial charge on any atom is 0.408 e. The topological polar surface area (TPSA) is 189 Å². The molecule has 4 atom stereocenters. The predicted octanol–water partition coefficient (Wildman–Crippen LogP) is 4.84. The number of rotatable bonds is 19. The van der Waals surface area contributed by atoms with E-state index < -0.39 is 66.9 Å². The van der Waals surface area contributed by atoms with E-state index in [9.17, 15) is 29.1 Å². The van der Waals surface area contributed by atoms with E-state index in [-0.39, 0.29) is 31.8 Å². The van der Waals surface area contributed by atoms with Crippen LogP contribution in [0.2, 0.25) is 0 Å². The van der Waals surface area contributed by atoms with Gasteiger partial charge in [-0.25, -0.2) is 9.78 Å². The number of ketones is 1. The van der Waals surface area contributed by atoms with Gasteiger partial charge in [0.15, 0.2) is 12.4 Å². The van der Waals surface area contributed by atoms with E-state index in [1.165, 1.54) is 6.33 Å². The van der Waals surface area contributed by atoms with Gasteiger partial charge < -0.3 is 35.5 Å². The lowest BCUT2D eigenvalue weighted by molar-refractivity contribution is -0.145. The highest BCUT2D eigenvalue weighted by molar-refractivity contribution is 5.98. The maximum atomic E-state index is 14.2. The summed E-state index contributed by atoms with van der Waals surface area (Å²) in [7, 11) is 0. The number of nitrogens with one attached hydrogen (secondary N) is 4. The number of esters is 1. The molecule has 5 rings (SSSR count). The molecule has 0 fully saturated rings. The maximum absolute atomic E-state index is 14.2. The van der Waals surface area contributed by atoms with E-state index in [1.54, 1.807) is 36.5 Å². The Morgan fingerprint density at radius 2 is 1.41 bits per heavy atom. The van der Waals surface area contributed by atoms with Crippen LogP contribution in [0, 0.1) is 5.92 Å². The second-order valence-electron chi connectivity index (χ2n) is 13.9. The number of imidazole rings is 1. The Balaban J connectivity index is 1.31. The monoisotopic (exact) mass is 761 g/mol. The van der Waals surface area contributed by atoms with Crippen molar-refractivity contribution in [3.8, 4) is 0 Å². The SMILES string of the molecule is CC(C)CC(NC(=O)[C@@H](Cc1c[nH]cn1)NC(=O)[C@H](Cc1cccc2ccccc12)NC(=O)OCc1ccccc1)C(O)CC(=O)OCC(=O)c1ccccc1. The number of aliphatic hydroxyl groups is 1. The van der Waals surface area contributed by atoms with Gasteiger partial charge in [0, 0.05) is 24.6 Å². The lowest BCUT2D eigenvalue weighted by Crippen LogP contribution is -2.57. The van der Waals surface area contributed by atoms with Gasteiger partial charge in [0.2, 0.25) is 11.8 Å². The van der Waals surface area contributed by atoms with Gasteiger partial charge in [-0.2, -0.15) is 0 Å². The number of amides is 3. The molecule has 5 N–H and O–H groups in total. The number of Topliss-reactive ketones (excluding diaryl/α,β-unsaturated/α-hetero) is 1. The molecule has 13 heteroatoms. The fourth-order valence-corrected chi connectivity index (χ4v) is 6.23. The molecule has 56 heavy (non-hydrogen) atoms. The van der Waals surface area contributed by atoms with E-state index in [4.69, 9.17) is 9.47 Å². The van der Waals surface area contributed by atoms with Crippen LogP contribution in [-0.4, -0.2) is 75.6 Å². The molecule has 292 valence electrons. The molecule has 3 amide bonds. The molecule has 2 unspecified atom stereocenters. The van der Waals surface area contributed by atoms with Gasteiger partial charge in [-0.15, -0.1) is 0 Å². The second kappa shape index (κ2) is 20.4. The number of ether oxygens (including phenoxy) is 2. The molecule has 0 saturated carbocycles. The quantitative estimate of drug-likeness (QED) is 0.0580. The van der Waals surface area contributed by atoms with Gasteiger partial charge in [-0.3, -0.25) is 19.2 Å². The summed E-state index contributed by atoms with van der Waals surface area (Å²) in [5, 5.41) is 21.4. The Morgan fingerprint density at radius 1 is 0.750 bits per heavy atom. The Kier molecular flexibility index (Phi) is 14.9. The number of alkyl carbamates (subject to hydrolysis) is 1. The standard InChI is InChI=1S/C43H47N5O8/c1-28(2)20-35(38(49)23-40(51)55-26-39(50)31-15-7-4-8-16-31)46-42(53)37(22-33-24-44-27-45-33)47-41(52)36(48-43(54)56-25-29-12-5-3-6-13-29)21-32-18-11-17-30-14-9-10-19-34(30)32/h3-19,24,27-28,35-38,49H,20-23,25-26H2,1-2H3,(H,44,45)(H,46,53)(H,47,52)(H,48,54)/t35?,36-,37+,38?/m0/s1. The van der Waals surface area contributed by atoms with Crippen molar-refractivity contribution in [2.24, 2.45) is 5.92 Å². The first-order chi connectivity index (χ1) is 27.0. The number of benzene rings is 4. The minimum absolute atomic E-state index is 0.0128. The third-order valence-corrected chi connectivity index (χ3v) is 9.08. The minimum Gasteiger partial charge on any atom is -0.457 e. The highest BCUT2D eigenvalue weighted by atomic mass is 16.5. The Morgan fingerprint density at radius 3 is 2.12 bits per heavy atom. The van der Waals surface area contributed by atoms with Gasteiger partial charge in [0.1, 0.15) is 18.7 Å². The van der Waals surface area contributed by atoms with E-state index >= 15 is 0 Å². The molecule has 1 aromatic heterocycles. The normalized spacial score (nSPS) is 13.2. The van der Waals surface area contributed by atoms with Gasteiger partial charge in [0.05, 0.1) is 30.6 Å². The lowest BCUT2D eigenvalue weighted by atomic mass is 9.96. The molecular weight excluding hydrogens is 715 g/mol. The van der Waals surface area contributed by atoms with Crippen molar-refractivity contribution in [1.29, 1.82) is 0 Å². The predicted molar refractivity (Wildman–Crippen MR) is 209 cm³/mol. The summed E-state index contributed by atoms with van der Waals surface area (Å²) in [4.78, 5) is 73.6. The van der Waals surface area contributed by atoms with Crippen LogP contribution in [0.4, 0.5) is 4.79 Å². The number of aromatic nitrogens is 2. The van der Waals surface area contributed by atoms with Gasteiger partial charge in [-0.1, -0.05) is 117 Å². The summed E-state index contributed by atoms with van der Waals surface area (Å²) in [6.45, 7) is 3.27. The van der Waals surface area contributed by atoms with Crippen LogP contribution < -0.4 is 16.0 Å². The van der Waals surface area contributed by atoms with Crippen molar-refractivity contribution in [2.45, 2.75) is 70.4 Å². The molecule has 0 radical (unpaired) electrons. The Labute approximate surface area is 325 Å². The molecule has 0 aliphatic rings. The number of hydrogen-bond donors (Lipinski definition) is 5. The van der Waals surface area contributed by atoms with Crippen LogP contribution in [0.15, 0.2) is 116 Å². The van der Waals surface area contributed by atoms with Crippen LogP contribution in [0.3, 0.4) is 0 Å². The first kappa shape index (κ1) is 40.8. The third-order valence-electron chi connectivity index (χ3n) is 9.08. The van der Waals surface area contributed by atoms with Gasteiger partial charge in [0.25, 0.3) is 0 Å². The van der Waals surface area contributed by atoms with Crippen LogP contribution in [0.25, 0.3) is 10.8 Å². The summed E-state index contributed by atoms with van der Waals surface area (Å²) in [6, 6.07) is 27.6. The van der Waals surface area contributed by atoms with Crippen LogP contribution in [0.1, 0.15) is 53.9 Å². The lowest BCUT2D eigenvalue weighted by Gasteiger charge is -2.28. The molecule has 0 aliphatic carbocycles. The van der Waals surface area contributed by atoms with E-state index in [2.05, 4.69) is 25.9 Å². The van der Waals surface area contributed by atoms with Crippen LogP contribution in [-0.2, 0) is 43.3 Å². The minimum atomic E-state index is -1.37. The number of H-pyrrole nitrogens is 1. The number of aliphatic hydroxyl groups excluding tert-OH is 1. The summed E-state index contributed by atoms with van der Waals surface area (Å²) >= 11 is 0. The number of hydrogen-bond acceptors (Lipinski definition) is 9. The second-order valence-corrected chi connectivity index (χ2v) is 13.9. The zero-order valence-corrected chi connectivity index (χ0v) is 31.4. The first-order valence-corrected chi connectivity index (χ1v) is 18.5. The zero-order valence-electron chi connectivity index (χ0n) is 31.4. The fraction of sp³-hybridized carbons (Fsp3) is 0.302. The number of aromatic amines is 1. The molecule has 0 spiro atoms. The number of nitrogens with zero attached hydrogens (tertiary/aromatic N) is 1. The highest BCUT2D eigenvalue weighted by Gasteiger charge is 2.32. The fourth-order valence-electron chi connectivity index (χ4n) is 6.23. The molecular formula is C43H47N5O8. The van der Waals surface area contributed by atoms with Crippen molar-refractivity contribution < 1.29 is 38.6 Å². The number of carbonyl (C=O) groups is 5. The molecule has 1 heterocycles. The van der Waals surface area contributed by atoms with Crippen LogP contribution in [0.5, 0.6) is 0 Å². The first-order valence-electron chi connectivity index (χ1n) is 18.5. The third kappa shape index (κ3) is 12.4. The highest BCUT2D eigenvalue weighted by Crippen LogP contribution is 2.20. The largest absolute Gasteiger partial charge is 0.457 e. The number of carbonyl (C=O) groups excluding carboxylic acids is 5. The molecule has 0 bridgehead atoms. The summed E-state index contributed by atoms with van der Waals surface area (Å²) < 4.78 is 10.6. The number of fused-ring (bicyclic) bond motifs is 1. The smallest absolute Gasteiger partial charge is 0.408 e. The van der Waals surface area contributed by atoms with E-state index in [0.29, 0.717) is 11.3 Å². The van der Waals surface area contributed by atoms with Crippen molar-refractivity contribution in [2.75, 3.05) is 6.61 Å². The Bertz CT molecular complexity index is 2050. The van der Waals surface area contributed by atoms with E-state index in [1.807, 2.05) is 86.6 Å². The van der Waals surface area contributed by atoms with E-state index in [0.717, 1.165) is 21.9 Å². The molecule has 4 aromatic carbocycles. The average molecular weight is 762 g/mol. The summed E-state index contributed by atoms with van der Waals surface area (Å²) in [6.07, 6.45) is 0.680. The zero-order chi connectivity index (χ0) is 39.9. The van der Waals surface area contributed by atoms with Gasteiger partial charge >= 0.3 is 12.1 Å². The van der Waals surface area contributed by atoms with Crippen LogP contribution >= 0.6 is 0 Å². The molecule has 13 nitrogen and oxygen atoms in total. The average Bonchev–Trinajstić information content (AvgIpc) is 3.72. The summed E-state index contributed by atoms with van der Waals surface area (Å²) in [5.74, 6) is -2.52. The molecule has 0 aliphatic heterocycles. The molecule has 5 aromatic rings. The summed E-state index contributed by atoms with van der Waals surface area (Å²) in [5.41, 5.74) is 2.41. The van der Waals surface area contributed by atoms with Crippen molar-refractivity contribution >= 4 is 40.4 Å². The van der Waals surface area contributed by atoms with Crippen molar-refractivity contribution in [1.82, 2.24) is 25.9 Å². The molecule has 0 saturated heterocycles.